The number of halogens is 2. The Labute approximate surface area is 150 Å². The maximum atomic E-state index is 13.1. The fraction of sp³-hybridized carbons (Fsp3) is 0.533. The van der Waals surface area contributed by atoms with Crippen molar-refractivity contribution < 1.29 is 18.4 Å². The summed E-state index contributed by atoms with van der Waals surface area (Å²) in [5, 5.41) is 8.21. The zero-order valence-corrected chi connectivity index (χ0v) is 14.2. The molecule has 3 aliphatic rings. The van der Waals surface area contributed by atoms with Crippen LogP contribution in [0.2, 0.25) is 0 Å². The number of nitrogens with zero attached hydrogens (tertiary/aromatic N) is 5. The van der Waals surface area contributed by atoms with Crippen LogP contribution in [-0.4, -0.2) is 54.9 Å². The Morgan fingerprint density at radius 3 is 2.73 bits per heavy atom. The van der Waals surface area contributed by atoms with Crippen molar-refractivity contribution in [2.75, 3.05) is 13.1 Å². The van der Waals surface area contributed by atoms with Gasteiger partial charge in [0.05, 0.1) is 11.6 Å². The highest BCUT2D eigenvalue weighted by atomic mass is 32.1. The minimum Gasteiger partial charge on any atom is -0.341 e. The van der Waals surface area contributed by atoms with E-state index < -0.39 is 23.3 Å². The van der Waals surface area contributed by atoms with Gasteiger partial charge in [-0.3, -0.25) is 9.59 Å². The van der Waals surface area contributed by atoms with Gasteiger partial charge in [-0.1, -0.05) is 4.49 Å². The summed E-state index contributed by atoms with van der Waals surface area (Å²) in [6.07, 6.45) is 3.65. The van der Waals surface area contributed by atoms with E-state index in [0.717, 1.165) is 11.5 Å². The number of aromatic nitrogens is 4. The van der Waals surface area contributed by atoms with E-state index in [9.17, 15) is 18.4 Å². The van der Waals surface area contributed by atoms with Crippen molar-refractivity contribution in [2.45, 2.75) is 30.3 Å². The molecule has 136 valence electrons. The first kappa shape index (κ1) is 15.8. The zero-order chi connectivity index (χ0) is 18.1. The molecule has 2 aliphatic heterocycles. The topological polar surface area (TPSA) is 93.0 Å². The van der Waals surface area contributed by atoms with E-state index in [1.54, 1.807) is 17.8 Å². The van der Waals surface area contributed by atoms with Gasteiger partial charge in [0.2, 0.25) is 5.91 Å². The second kappa shape index (κ2) is 5.06. The number of carbonyl (C=O) groups excluding carboxylic acids is 2. The zero-order valence-electron chi connectivity index (χ0n) is 13.4. The molecule has 2 amide bonds. The molecule has 1 spiro atoms. The Kier molecular flexibility index (Phi) is 3.07. The first-order valence-corrected chi connectivity index (χ1v) is 9.02. The number of imidazole rings is 1. The Morgan fingerprint density at radius 2 is 2.08 bits per heavy atom. The Bertz CT molecular complexity index is 892. The molecule has 2 aromatic heterocycles. The fourth-order valence-corrected chi connectivity index (χ4v) is 4.39. The van der Waals surface area contributed by atoms with Gasteiger partial charge >= 0.3 is 0 Å². The summed E-state index contributed by atoms with van der Waals surface area (Å²) in [6.45, 7) is 0.707. The highest BCUT2D eigenvalue weighted by Crippen LogP contribution is 2.52. The highest BCUT2D eigenvalue weighted by molar-refractivity contribution is 7.03. The van der Waals surface area contributed by atoms with Crippen LogP contribution in [0.25, 0.3) is 0 Å². The number of hydrogen-bond donors (Lipinski definition) is 1. The van der Waals surface area contributed by atoms with E-state index in [-0.39, 0.29) is 24.1 Å². The number of rotatable bonds is 3. The van der Waals surface area contributed by atoms with Gasteiger partial charge in [0.25, 0.3) is 11.8 Å². The lowest BCUT2D eigenvalue weighted by molar-refractivity contribution is -0.145. The van der Waals surface area contributed by atoms with Gasteiger partial charge in [-0.15, -0.1) is 5.10 Å². The molecule has 1 N–H and O–H groups in total. The first-order valence-electron chi connectivity index (χ1n) is 8.18. The minimum atomic E-state index is -2.85. The van der Waals surface area contributed by atoms with E-state index >= 15 is 0 Å². The number of carbonyl (C=O) groups is 2. The monoisotopic (exact) mass is 380 g/mol. The first-order chi connectivity index (χ1) is 12.4. The number of likely N-dealkylation sites (tertiary alicyclic amines) is 1. The van der Waals surface area contributed by atoms with Crippen LogP contribution in [0.5, 0.6) is 0 Å². The molecule has 1 aliphatic carbocycles. The van der Waals surface area contributed by atoms with Crippen molar-refractivity contribution in [3.63, 3.8) is 0 Å². The quantitative estimate of drug-likeness (QED) is 0.850. The van der Waals surface area contributed by atoms with Crippen molar-refractivity contribution in [1.29, 1.82) is 0 Å². The number of nitrogens with one attached hydrogen (secondary N) is 1. The van der Waals surface area contributed by atoms with Crippen molar-refractivity contribution >= 4 is 23.3 Å². The Balaban J connectivity index is 1.31. The standard InChI is InChI=1S/C15H14F2N6O2S/c16-15(17)3-8(15)13(25)22-6-14(7-22)4-9(11-18-1-2-23(11)14)19-12(24)10-5-26-21-20-10/h1-2,5,8-9H,3-4,6-7H2,(H,19,24). The van der Waals surface area contributed by atoms with Crippen molar-refractivity contribution in [3.8, 4) is 0 Å². The Morgan fingerprint density at radius 1 is 1.31 bits per heavy atom. The van der Waals surface area contributed by atoms with Gasteiger partial charge in [0, 0.05) is 43.7 Å². The minimum absolute atomic E-state index is 0.246. The van der Waals surface area contributed by atoms with Crippen LogP contribution < -0.4 is 5.32 Å². The number of fused-ring (bicyclic) bond motifs is 2. The number of amides is 2. The molecule has 0 radical (unpaired) electrons. The largest absolute Gasteiger partial charge is 0.341 e. The lowest BCUT2D eigenvalue weighted by atomic mass is 9.85. The molecule has 11 heteroatoms. The summed E-state index contributed by atoms with van der Waals surface area (Å²) in [5.41, 5.74) is -0.153. The smallest absolute Gasteiger partial charge is 0.273 e. The van der Waals surface area contributed by atoms with E-state index in [4.69, 9.17) is 0 Å². The van der Waals surface area contributed by atoms with Gasteiger partial charge in [-0.25, -0.2) is 13.8 Å². The van der Waals surface area contributed by atoms with Crippen LogP contribution in [0, 0.1) is 5.92 Å². The molecule has 1 saturated carbocycles. The van der Waals surface area contributed by atoms with Crippen LogP contribution in [-0.2, 0) is 10.3 Å². The average Bonchev–Trinajstić information content (AvgIpc) is 3.07. The van der Waals surface area contributed by atoms with Crippen LogP contribution in [0.15, 0.2) is 17.8 Å². The summed E-state index contributed by atoms with van der Waals surface area (Å²) in [7, 11) is 0. The lowest BCUT2D eigenvalue weighted by Gasteiger charge is -2.49. The van der Waals surface area contributed by atoms with Crippen LogP contribution in [0.1, 0.15) is 35.2 Å². The third kappa shape index (κ3) is 2.19. The summed E-state index contributed by atoms with van der Waals surface area (Å²) in [6, 6.07) is -0.321. The average molecular weight is 380 g/mol. The molecule has 4 heterocycles. The third-order valence-electron chi connectivity index (χ3n) is 5.38. The molecule has 5 rings (SSSR count). The third-order valence-corrected chi connectivity index (χ3v) is 5.88. The lowest BCUT2D eigenvalue weighted by Crippen LogP contribution is -2.63. The van der Waals surface area contributed by atoms with Crippen LogP contribution in [0.3, 0.4) is 0 Å². The highest BCUT2D eigenvalue weighted by Gasteiger charge is 2.65. The molecule has 2 atom stereocenters. The molecule has 8 nitrogen and oxygen atoms in total. The van der Waals surface area contributed by atoms with E-state index in [2.05, 4.69) is 19.9 Å². The molecule has 26 heavy (non-hydrogen) atoms. The second-order valence-electron chi connectivity index (χ2n) is 7.11. The fourth-order valence-electron chi connectivity index (χ4n) is 3.96. The summed E-state index contributed by atoms with van der Waals surface area (Å²) >= 11 is 1.09. The van der Waals surface area contributed by atoms with Crippen LogP contribution >= 0.6 is 11.5 Å². The molecule has 1 saturated heterocycles. The molecule has 0 bridgehead atoms. The molecule has 0 aromatic carbocycles. The SMILES string of the molecule is O=C(NC1CC2(CN(C(=O)C3CC3(F)F)C2)n2ccnc21)c1csnn1. The van der Waals surface area contributed by atoms with Gasteiger partial charge in [-0.2, -0.15) is 0 Å². The van der Waals surface area contributed by atoms with Gasteiger partial charge in [0.1, 0.15) is 11.7 Å². The van der Waals surface area contributed by atoms with E-state index in [0.29, 0.717) is 25.3 Å². The summed E-state index contributed by atoms with van der Waals surface area (Å²) in [4.78, 5) is 30.2. The van der Waals surface area contributed by atoms with Gasteiger partial charge < -0.3 is 14.8 Å². The van der Waals surface area contributed by atoms with E-state index in [1.807, 2.05) is 4.57 Å². The van der Waals surface area contributed by atoms with Gasteiger partial charge in [0.15, 0.2) is 5.69 Å². The summed E-state index contributed by atoms with van der Waals surface area (Å²) < 4.78 is 31.9. The number of alkyl halides is 2. The maximum Gasteiger partial charge on any atom is 0.273 e. The summed E-state index contributed by atoms with van der Waals surface area (Å²) in [5.74, 6) is -4.14. The number of hydrogen-bond acceptors (Lipinski definition) is 6. The van der Waals surface area contributed by atoms with Crippen molar-refractivity contribution in [2.24, 2.45) is 5.92 Å². The molecule has 2 aromatic rings. The molecular weight excluding hydrogens is 366 g/mol. The maximum absolute atomic E-state index is 13.1. The predicted octanol–water partition coefficient (Wildman–Crippen LogP) is 0.802. The normalized spacial score (nSPS) is 27.1. The van der Waals surface area contributed by atoms with Crippen molar-refractivity contribution in [3.05, 3.63) is 29.3 Å². The van der Waals surface area contributed by atoms with Crippen LogP contribution in [0.4, 0.5) is 8.78 Å². The second-order valence-corrected chi connectivity index (χ2v) is 7.72. The van der Waals surface area contributed by atoms with E-state index in [1.165, 1.54) is 4.90 Å². The molecule has 2 fully saturated rings. The predicted molar refractivity (Wildman–Crippen MR) is 84.6 cm³/mol. The molecular formula is C15H14F2N6O2S. The van der Waals surface area contributed by atoms with Gasteiger partial charge in [-0.05, 0) is 11.5 Å². The Hall–Kier alpha value is -2.43. The van der Waals surface area contributed by atoms with Crippen molar-refractivity contribution in [1.82, 2.24) is 29.4 Å². The molecule has 2 unspecified atom stereocenters.